The Morgan fingerprint density at radius 3 is 2.72 bits per heavy atom. The van der Waals surface area contributed by atoms with Crippen LogP contribution >= 0.6 is 0 Å². The summed E-state index contributed by atoms with van der Waals surface area (Å²) in [6, 6.07) is 0.679. The third kappa shape index (κ3) is 5.25. The second-order valence-corrected chi connectivity index (χ2v) is 5.42. The van der Waals surface area contributed by atoms with Crippen molar-refractivity contribution in [2.75, 3.05) is 32.7 Å². The van der Waals surface area contributed by atoms with Gasteiger partial charge in [0.1, 0.15) is 0 Å². The van der Waals surface area contributed by atoms with E-state index in [1.54, 1.807) is 0 Å². The van der Waals surface area contributed by atoms with Crippen molar-refractivity contribution in [3.05, 3.63) is 0 Å². The van der Waals surface area contributed by atoms with E-state index in [2.05, 4.69) is 48.2 Å². The molecule has 0 saturated carbocycles. The van der Waals surface area contributed by atoms with Crippen LogP contribution in [0.25, 0.3) is 0 Å². The third-order valence-electron chi connectivity index (χ3n) is 3.37. The molecule has 1 fully saturated rings. The van der Waals surface area contributed by atoms with E-state index in [0.29, 0.717) is 12.0 Å². The molecule has 4 nitrogen and oxygen atoms in total. The number of guanidine groups is 1. The lowest BCUT2D eigenvalue weighted by Gasteiger charge is -2.24. The Morgan fingerprint density at radius 1 is 1.33 bits per heavy atom. The predicted octanol–water partition coefficient (Wildman–Crippen LogP) is 1.68. The number of nitrogens with zero attached hydrogens (tertiary/aromatic N) is 2. The zero-order chi connectivity index (χ0) is 13.4. The lowest BCUT2D eigenvalue weighted by Crippen LogP contribution is -2.45. The third-order valence-corrected chi connectivity index (χ3v) is 3.37. The number of hydrogen-bond acceptors (Lipinski definition) is 2. The fraction of sp³-hybridized carbons (Fsp3) is 0.929. The molecule has 0 aromatic rings. The smallest absolute Gasteiger partial charge is 0.191 e. The van der Waals surface area contributed by atoms with Crippen LogP contribution in [-0.4, -0.2) is 49.6 Å². The Bertz CT molecular complexity index is 250. The van der Waals surface area contributed by atoms with Crippen molar-refractivity contribution in [1.29, 1.82) is 0 Å². The highest BCUT2D eigenvalue weighted by atomic mass is 15.2. The summed E-state index contributed by atoms with van der Waals surface area (Å²) in [7, 11) is 0. The standard InChI is InChI=1S/C14H30N4/c1-5-15-14(16-10-12(3)4)17-11-13-8-7-9-18(13)6-2/h12-13H,5-11H2,1-4H3,(H2,15,16,17). The normalized spacial score (nSPS) is 21.6. The minimum absolute atomic E-state index is 0.610. The Morgan fingerprint density at radius 2 is 2.11 bits per heavy atom. The van der Waals surface area contributed by atoms with Crippen molar-refractivity contribution in [3.63, 3.8) is 0 Å². The quantitative estimate of drug-likeness (QED) is 0.560. The molecule has 1 rings (SSSR count). The van der Waals surface area contributed by atoms with Gasteiger partial charge in [-0.1, -0.05) is 20.8 Å². The Kier molecular flexibility index (Phi) is 7.09. The summed E-state index contributed by atoms with van der Waals surface area (Å²) < 4.78 is 0. The summed E-state index contributed by atoms with van der Waals surface area (Å²) in [6.07, 6.45) is 2.64. The zero-order valence-corrected chi connectivity index (χ0v) is 12.5. The first kappa shape index (κ1) is 15.3. The largest absolute Gasteiger partial charge is 0.357 e. The molecule has 1 atom stereocenters. The number of likely N-dealkylation sites (N-methyl/N-ethyl adjacent to an activating group) is 1. The van der Waals surface area contributed by atoms with Gasteiger partial charge in [0.2, 0.25) is 0 Å². The number of rotatable bonds is 6. The minimum atomic E-state index is 0.610. The summed E-state index contributed by atoms with van der Waals surface area (Å²) in [5, 5.41) is 6.79. The van der Waals surface area contributed by atoms with Gasteiger partial charge in [0.25, 0.3) is 0 Å². The van der Waals surface area contributed by atoms with Crippen LogP contribution in [-0.2, 0) is 0 Å². The number of nitrogens with one attached hydrogen (secondary N) is 2. The molecule has 0 aliphatic carbocycles. The summed E-state index contributed by atoms with van der Waals surface area (Å²) in [6.45, 7) is 14.0. The van der Waals surface area contributed by atoms with E-state index in [4.69, 9.17) is 0 Å². The van der Waals surface area contributed by atoms with E-state index in [1.165, 1.54) is 19.4 Å². The fourth-order valence-electron chi connectivity index (χ4n) is 2.37. The molecule has 1 unspecified atom stereocenters. The van der Waals surface area contributed by atoms with E-state index in [1.807, 2.05) is 0 Å². The maximum absolute atomic E-state index is 4.60. The zero-order valence-electron chi connectivity index (χ0n) is 12.5. The summed E-state index contributed by atoms with van der Waals surface area (Å²) in [5.74, 6) is 1.58. The van der Waals surface area contributed by atoms with E-state index in [-0.39, 0.29) is 0 Å². The van der Waals surface area contributed by atoms with Crippen molar-refractivity contribution in [2.45, 2.75) is 46.6 Å². The van der Waals surface area contributed by atoms with Crippen LogP contribution in [0.2, 0.25) is 0 Å². The van der Waals surface area contributed by atoms with E-state index in [9.17, 15) is 0 Å². The van der Waals surface area contributed by atoms with Crippen molar-refractivity contribution in [1.82, 2.24) is 15.5 Å². The molecule has 1 aliphatic rings. The highest BCUT2D eigenvalue weighted by molar-refractivity contribution is 5.79. The second-order valence-electron chi connectivity index (χ2n) is 5.42. The summed E-state index contributed by atoms with van der Waals surface area (Å²) in [4.78, 5) is 7.16. The number of aliphatic imine (C=N–C) groups is 1. The van der Waals surface area contributed by atoms with Gasteiger partial charge >= 0.3 is 0 Å². The summed E-state index contributed by atoms with van der Waals surface area (Å²) in [5.41, 5.74) is 0. The highest BCUT2D eigenvalue weighted by Gasteiger charge is 2.22. The van der Waals surface area contributed by atoms with Crippen LogP contribution in [0, 0.1) is 5.92 Å². The molecule has 0 radical (unpaired) electrons. The van der Waals surface area contributed by atoms with Gasteiger partial charge in [-0.2, -0.15) is 0 Å². The van der Waals surface area contributed by atoms with Gasteiger partial charge in [0.15, 0.2) is 5.96 Å². The van der Waals surface area contributed by atoms with E-state index < -0.39 is 0 Å². The molecule has 0 aromatic heterocycles. The first-order valence-electron chi connectivity index (χ1n) is 7.43. The first-order chi connectivity index (χ1) is 8.67. The molecule has 0 amide bonds. The molecular weight excluding hydrogens is 224 g/mol. The van der Waals surface area contributed by atoms with Crippen LogP contribution in [0.15, 0.2) is 4.99 Å². The molecule has 18 heavy (non-hydrogen) atoms. The van der Waals surface area contributed by atoms with Crippen molar-refractivity contribution in [2.24, 2.45) is 10.9 Å². The molecule has 0 aromatic carbocycles. The van der Waals surface area contributed by atoms with Crippen molar-refractivity contribution >= 4 is 5.96 Å². The molecule has 2 N–H and O–H groups in total. The molecule has 1 aliphatic heterocycles. The molecular formula is C14H30N4. The molecule has 1 saturated heterocycles. The van der Waals surface area contributed by atoms with Crippen molar-refractivity contribution < 1.29 is 0 Å². The Balaban J connectivity index is 2.38. The average molecular weight is 254 g/mol. The molecule has 106 valence electrons. The number of hydrogen-bond donors (Lipinski definition) is 2. The minimum Gasteiger partial charge on any atom is -0.357 e. The van der Waals surface area contributed by atoms with Crippen LogP contribution in [0.3, 0.4) is 0 Å². The first-order valence-corrected chi connectivity index (χ1v) is 7.43. The van der Waals surface area contributed by atoms with Gasteiger partial charge in [-0.05, 0) is 38.8 Å². The lowest BCUT2D eigenvalue weighted by atomic mass is 10.2. The monoisotopic (exact) mass is 254 g/mol. The SMILES string of the molecule is CCNC(=NCC(C)C)NCC1CCCN1CC. The molecule has 4 heteroatoms. The van der Waals surface area contributed by atoms with Gasteiger partial charge < -0.3 is 10.6 Å². The second kappa shape index (κ2) is 8.35. The van der Waals surface area contributed by atoms with Crippen molar-refractivity contribution in [3.8, 4) is 0 Å². The number of likely N-dealkylation sites (tertiary alicyclic amines) is 1. The van der Waals surface area contributed by atoms with E-state index in [0.717, 1.165) is 32.1 Å². The van der Waals surface area contributed by atoms with Gasteiger partial charge in [-0.15, -0.1) is 0 Å². The Labute approximate surface area is 112 Å². The maximum atomic E-state index is 4.60. The van der Waals surface area contributed by atoms with Crippen LogP contribution < -0.4 is 10.6 Å². The lowest BCUT2D eigenvalue weighted by molar-refractivity contribution is 0.267. The Hall–Kier alpha value is -0.770. The van der Waals surface area contributed by atoms with Crippen LogP contribution in [0.5, 0.6) is 0 Å². The topological polar surface area (TPSA) is 39.7 Å². The highest BCUT2D eigenvalue weighted by Crippen LogP contribution is 2.15. The summed E-state index contributed by atoms with van der Waals surface area (Å²) >= 11 is 0. The van der Waals surface area contributed by atoms with Crippen LogP contribution in [0.4, 0.5) is 0 Å². The molecule has 0 spiro atoms. The maximum Gasteiger partial charge on any atom is 0.191 e. The molecule has 1 heterocycles. The molecule has 0 bridgehead atoms. The average Bonchev–Trinajstić information content (AvgIpc) is 2.80. The van der Waals surface area contributed by atoms with Gasteiger partial charge in [0, 0.05) is 25.7 Å². The van der Waals surface area contributed by atoms with Gasteiger partial charge in [-0.3, -0.25) is 9.89 Å². The van der Waals surface area contributed by atoms with Crippen LogP contribution in [0.1, 0.15) is 40.5 Å². The fourth-order valence-corrected chi connectivity index (χ4v) is 2.37. The predicted molar refractivity (Wildman–Crippen MR) is 79.1 cm³/mol. The van der Waals surface area contributed by atoms with Gasteiger partial charge in [-0.25, -0.2) is 0 Å². The van der Waals surface area contributed by atoms with Gasteiger partial charge in [0.05, 0.1) is 0 Å². The van der Waals surface area contributed by atoms with E-state index >= 15 is 0 Å².